The van der Waals surface area contributed by atoms with Gasteiger partial charge in [0, 0.05) is 25.6 Å². The van der Waals surface area contributed by atoms with Crippen LogP contribution in [0.2, 0.25) is 0 Å². The monoisotopic (exact) mass is 467 g/mol. The summed E-state index contributed by atoms with van der Waals surface area (Å²) in [5.41, 5.74) is 2.38. The van der Waals surface area contributed by atoms with Crippen LogP contribution in [0.25, 0.3) is 0 Å². The number of carbonyl (C=O) groups excluding carboxylic acids is 2. The second-order valence-electron chi connectivity index (χ2n) is 7.85. The molecule has 1 aliphatic rings. The summed E-state index contributed by atoms with van der Waals surface area (Å²) in [7, 11) is -3.88. The van der Waals surface area contributed by atoms with Crippen molar-refractivity contribution in [1.29, 1.82) is 0 Å². The Kier molecular flexibility index (Phi) is 6.62. The summed E-state index contributed by atoms with van der Waals surface area (Å²) in [6.07, 6.45) is 2.08. The molecule has 0 bridgehead atoms. The van der Waals surface area contributed by atoms with Crippen molar-refractivity contribution >= 4 is 27.5 Å². The average molecular weight is 468 g/mol. The predicted octanol–water partition coefficient (Wildman–Crippen LogP) is 3.23. The smallest absolute Gasteiger partial charge is 0.243 e. The third-order valence-corrected chi connectivity index (χ3v) is 7.49. The first-order chi connectivity index (χ1) is 15.8. The maximum Gasteiger partial charge on any atom is 0.243 e. The molecule has 2 N–H and O–H groups in total. The van der Waals surface area contributed by atoms with Gasteiger partial charge in [-0.05, 0) is 53.9 Å². The molecule has 1 unspecified atom stereocenters. The second kappa shape index (κ2) is 9.60. The number of hydrogen-bond donors (Lipinski definition) is 2. The SMILES string of the molecule is CC(=O)Nc1ccc(S(=O)(=O)N2CCc3ccccc3C2CC(=O)NCc2ccco2)cc1. The number of hydrogen-bond acceptors (Lipinski definition) is 5. The number of anilines is 1. The Morgan fingerprint density at radius 1 is 1.06 bits per heavy atom. The van der Waals surface area contributed by atoms with Gasteiger partial charge in [-0.2, -0.15) is 4.31 Å². The van der Waals surface area contributed by atoms with Crippen molar-refractivity contribution in [3.8, 4) is 0 Å². The zero-order chi connectivity index (χ0) is 23.4. The molecule has 172 valence electrons. The van der Waals surface area contributed by atoms with Crippen LogP contribution in [0.1, 0.15) is 36.3 Å². The lowest BCUT2D eigenvalue weighted by atomic mass is 9.92. The lowest BCUT2D eigenvalue weighted by molar-refractivity contribution is -0.122. The lowest BCUT2D eigenvalue weighted by Crippen LogP contribution is -2.42. The van der Waals surface area contributed by atoms with Gasteiger partial charge in [0.05, 0.1) is 23.7 Å². The Labute approximate surface area is 192 Å². The average Bonchev–Trinajstić information content (AvgIpc) is 3.31. The molecule has 9 heteroatoms. The zero-order valence-corrected chi connectivity index (χ0v) is 19.0. The van der Waals surface area contributed by atoms with Crippen molar-refractivity contribution in [2.45, 2.75) is 37.2 Å². The van der Waals surface area contributed by atoms with Crippen molar-refractivity contribution < 1.29 is 22.4 Å². The van der Waals surface area contributed by atoms with Crippen LogP contribution >= 0.6 is 0 Å². The second-order valence-corrected chi connectivity index (χ2v) is 9.74. The van der Waals surface area contributed by atoms with Gasteiger partial charge in [-0.15, -0.1) is 0 Å². The Morgan fingerprint density at radius 3 is 2.52 bits per heavy atom. The van der Waals surface area contributed by atoms with E-state index < -0.39 is 16.1 Å². The van der Waals surface area contributed by atoms with E-state index in [4.69, 9.17) is 4.42 Å². The van der Waals surface area contributed by atoms with E-state index in [0.717, 1.165) is 11.1 Å². The Morgan fingerprint density at radius 2 is 1.82 bits per heavy atom. The Bertz CT molecular complexity index is 1240. The van der Waals surface area contributed by atoms with Gasteiger partial charge in [0.15, 0.2) is 0 Å². The van der Waals surface area contributed by atoms with E-state index in [2.05, 4.69) is 10.6 Å². The van der Waals surface area contributed by atoms with Crippen LogP contribution in [0.3, 0.4) is 0 Å². The van der Waals surface area contributed by atoms with Gasteiger partial charge < -0.3 is 15.1 Å². The van der Waals surface area contributed by atoms with Gasteiger partial charge in [0.2, 0.25) is 21.8 Å². The summed E-state index contributed by atoms with van der Waals surface area (Å²) in [6, 6.07) is 16.5. The summed E-state index contributed by atoms with van der Waals surface area (Å²) in [5, 5.41) is 5.43. The molecule has 0 spiro atoms. The normalized spacial score (nSPS) is 16.1. The van der Waals surface area contributed by atoms with Crippen molar-refractivity contribution in [3.05, 3.63) is 83.8 Å². The molecule has 1 aromatic heterocycles. The molecule has 1 atom stereocenters. The Hall–Kier alpha value is -3.43. The molecule has 0 saturated carbocycles. The van der Waals surface area contributed by atoms with Crippen LogP contribution in [0.15, 0.2) is 76.2 Å². The highest BCUT2D eigenvalue weighted by Crippen LogP contribution is 2.36. The van der Waals surface area contributed by atoms with E-state index in [1.165, 1.54) is 29.6 Å². The largest absolute Gasteiger partial charge is 0.467 e. The molecule has 0 radical (unpaired) electrons. The number of nitrogens with zero attached hydrogens (tertiary/aromatic N) is 1. The van der Waals surface area contributed by atoms with Crippen LogP contribution < -0.4 is 10.6 Å². The fourth-order valence-electron chi connectivity index (χ4n) is 4.02. The van der Waals surface area contributed by atoms with Crippen molar-refractivity contribution in [2.75, 3.05) is 11.9 Å². The first kappa shape index (κ1) is 22.8. The summed E-state index contributed by atoms with van der Waals surface area (Å²) in [5.74, 6) is 0.115. The molecular weight excluding hydrogens is 442 g/mol. The molecule has 2 amide bonds. The topological polar surface area (TPSA) is 109 Å². The molecule has 4 rings (SSSR count). The van der Waals surface area contributed by atoms with Gasteiger partial charge in [-0.1, -0.05) is 24.3 Å². The fraction of sp³-hybridized carbons (Fsp3) is 0.250. The summed E-state index contributed by atoms with van der Waals surface area (Å²) in [6.45, 7) is 1.89. The van der Waals surface area contributed by atoms with Crippen LogP contribution in [-0.4, -0.2) is 31.1 Å². The van der Waals surface area contributed by atoms with E-state index in [1.807, 2.05) is 24.3 Å². The number of amides is 2. The summed E-state index contributed by atoms with van der Waals surface area (Å²) < 4.78 is 33.8. The Balaban J connectivity index is 1.59. The summed E-state index contributed by atoms with van der Waals surface area (Å²) >= 11 is 0. The van der Waals surface area contributed by atoms with E-state index >= 15 is 0 Å². The first-order valence-corrected chi connectivity index (χ1v) is 12.0. The molecule has 8 nitrogen and oxygen atoms in total. The zero-order valence-electron chi connectivity index (χ0n) is 18.2. The van der Waals surface area contributed by atoms with Gasteiger partial charge in [0.25, 0.3) is 0 Å². The number of carbonyl (C=O) groups is 2. The van der Waals surface area contributed by atoms with Gasteiger partial charge in [-0.3, -0.25) is 9.59 Å². The number of furan rings is 1. The fourth-order valence-corrected chi connectivity index (χ4v) is 5.63. The van der Waals surface area contributed by atoms with Crippen molar-refractivity contribution in [1.82, 2.24) is 9.62 Å². The minimum Gasteiger partial charge on any atom is -0.467 e. The highest BCUT2D eigenvalue weighted by Gasteiger charge is 2.37. The van der Waals surface area contributed by atoms with Crippen LogP contribution in [-0.2, 0) is 32.6 Å². The maximum absolute atomic E-state index is 13.6. The van der Waals surface area contributed by atoms with Crippen molar-refractivity contribution in [2.24, 2.45) is 0 Å². The minimum absolute atomic E-state index is 0.0130. The van der Waals surface area contributed by atoms with E-state index in [-0.39, 0.29) is 36.2 Å². The highest BCUT2D eigenvalue weighted by molar-refractivity contribution is 7.89. The molecule has 3 aromatic rings. The minimum atomic E-state index is -3.88. The molecule has 0 aliphatic carbocycles. The van der Waals surface area contributed by atoms with Gasteiger partial charge in [0.1, 0.15) is 5.76 Å². The maximum atomic E-state index is 13.6. The van der Waals surface area contributed by atoms with E-state index in [9.17, 15) is 18.0 Å². The molecule has 0 saturated heterocycles. The standard InChI is InChI=1S/C24H25N3O5S/c1-17(28)26-19-8-10-21(11-9-19)33(30,31)27-13-12-18-5-2-3-7-22(18)23(27)15-24(29)25-16-20-6-4-14-32-20/h2-11,14,23H,12-13,15-16H2,1H3,(H,25,29)(H,26,28). The third kappa shape index (κ3) is 5.15. The van der Waals surface area contributed by atoms with Crippen LogP contribution in [0.4, 0.5) is 5.69 Å². The van der Waals surface area contributed by atoms with Gasteiger partial charge in [-0.25, -0.2) is 8.42 Å². The van der Waals surface area contributed by atoms with Crippen LogP contribution in [0.5, 0.6) is 0 Å². The van der Waals surface area contributed by atoms with Gasteiger partial charge >= 0.3 is 0 Å². The molecule has 1 aliphatic heterocycles. The lowest BCUT2D eigenvalue weighted by Gasteiger charge is -2.36. The van der Waals surface area contributed by atoms with E-state index in [1.54, 1.807) is 24.3 Å². The number of fused-ring (bicyclic) bond motifs is 1. The van der Waals surface area contributed by atoms with Crippen LogP contribution in [0, 0.1) is 0 Å². The molecular formula is C24H25N3O5S. The summed E-state index contributed by atoms with van der Waals surface area (Å²) in [4.78, 5) is 24.1. The molecule has 2 heterocycles. The number of benzene rings is 2. The number of rotatable bonds is 7. The number of nitrogens with one attached hydrogen (secondary N) is 2. The van der Waals surface area contributed by atoms with E-state index in [0.29, 0.717) is 17.9 Å². The highest BCUT2D eigenvalue weighted by atomic mass is 32.2. The molecule has 33 heavy (non-hydrogen) atoms. The molecule has 2 aromatic carbocycles. The third-order valence-electron chi connectivity index (χ3n) is 5.56. The van der Waals surface area contributed by atoms with Crippen molar-refractivity contribution in [3.63, 3.8) is 0 Å². The predicted molar refractivity (Wildman–Crippen MR) is 123 cm³/mol. The molecule has 0 fully saturated rings. The quantitative estimate of drug-likeness (QED) is 0.555. The first-order valence-electron chi connectivity index (χ1n) is 10.6. The number of sulfonamides is 1.